The summed E-state index contributed by atoms with van der Waals surface area (Å²) in [5.74, 6) is 1.51. The average molecular weight is 208 g/mol. The molecule has 2 rings (SSSR count). The molecule has 0 aliphatic carbocycles. The smallest absolute Gasteiger partial charge is 0.296 e. The molecule has 0 bridgehead atoms. The van der Waals surface area contributed by atoms with Crippen molar-refractivity contribution in [1.29, 1.82) is 0 Å². The van der Waals surface area contributed by atoms with Gasteiger partial charge in [0, 0.05) is 12.5 Å². The first-order chi connectivity index (χ1) is 7.29. The molecule has 0 aromatic carbocycles. The second-order valence-electron chi connectivity index (χ2n) is 3.24. The van der Waals surface area contributed by atoms with Crippen LogP contribution in [0.4, 0.5) is 0 Å². The van der Waals surface area contributed by atoms with E-state index >= 15 is 0 Å². The molecule has 0 aliphatic rings. The number of nitrogens with two attached hydrogens (primary N) is 1. The van der Waals surface area contributed by atoms with E-state index in [2.05, 4.69) is 15.3 Å². The van der Waals surface area contributed by atoms with Gasteiger partial charge in [0.2, 0.25) is 5.76 Å². The molecule has 0 atom stereocenters. The fraction of sp³-hybridized carbons (Fsp3) is 0.444. The minimum Gasteiger partial charge on any atom is -0.351 e. The van der Waals surface area contributed by atoms with E-state index in [9.17, 15) is 0 Å². The number of aryl methyl sites for hydroxylation is 2. The predicted molar refractivity (Wildman–Crippen MR) is 51.9 cm³/mol. The van der Waals surface area contributed by atoms with Gasteiger partial charge in [-0.25, -0.2) is 0 Å². The third kappa shape index (κ3) is 2.21. The van der Waals surface area contributed by atoms with E-state index < -0.39 is 0 Å². The maximum absolute atomic E-state index is 5.38. The number of hydrogen-bond acceptors (Lipinski definition) is 6. The predicted octanol–water partition coefficient (Wildman–Crippen LogP) is 0.924. The monoisotopic (exact) mass is 208 g/mol. The Kier molecular flexibility index (Phi) is 2.77. The van der Waals surface area contributed by atoms with Gasteiger partial charge in [-0.2, -0.15) is 4.98 Å². The lowest BCUT2D eigenvalue weighted by atomic mass is 10.3. The number of aromatic nitrogens is 3. The Morgan fingerprint density at radius 3 is 2.87 bits per heavy atom. The van der Waals surface area contributed by atoms with Gasteiger partial charge >= 0.3 is 0 Å². The summed E-state index contributed by atoms with van der Waals surface area (Å²) in [5.41, 5.74) is 6.17. The summed E-state index contributed by atoms with van der Waals surface area (Å²) in [6, 6.07) is 1.75. The van der Waals surface area contributed by atoms with Crippen LogP contribution < -0.4 is 5.73 Å². The molecule has 0 aliphatic heterocycles. The molecule has 2 heterocycles. The van der Waals surface area contributed by atoms with E-state index in [-0.39, 0.29) is 0 Å². The van der Waals surface area contributed by atoms with Crippen LogP contribution >= 0.6 is 0 Å². The van der Waals surface area contributed by atoms with E-state index in [1.807, 2.05) is 6.92 Å². The molecule has 2 N–H and O–H groups in total. The Morgan fingerprint density at radius 2 is 2.20 bits per heavy atom. The van der Waals surface area contributed by atoms with Crippen LogP contribution in [0.5, 0.6) is 0 Å². The highest BCUT2D eigenvalue weighted by molar-refractivity contribution is 5.43. The van der Waals surface area contributed by atoms with Crippen LogP contribution in [-0.4, -0.2) is 21.8 Å². The van der Waals surface area contributed by atoms with Crippen LogP contribution in [0, 0.1) is 6.92 Å². The Bertz CT molecular complexity index is 435. The van der Waals surface area contributed by atoms with E-state index in [0.29, 0.717) is 30.4 Å². The van der Waals surface area contributed by atoms with Crippen LogP contribution in [0.15, 0.2) is 15.1 Å². The molecule has 0 spiro atoms. The highest BCUT2D eigenvalue weighted by atomic mass is 16.5. The Balaban J connectivity index is 2.13. The summed E-state index contributed by atoms with van der Waals surface area (Å²) in [6.45, 7) is 2.45. The van der Waals surface area contributed by atoms with Gasteiger partial charge in [0.1, 0.15) is 0 Å². The standard InChI is InChI=1S/C9H12N4O2/c1-6-5-7(14-12-6)9-11-8(13-15-9)3-2-4-10/h5H,2-4,10H2,1H3. The van der Waals surface area contributed by atoms with Crippen molar-refractivity contribution >= 4 is 0 Å². The molecule has 6 heteroatoms. The molecule has 0 unspecified atom stereocenters. The van der Waals surface area contributed by atoms with Gasteiger partial charge < -0.3 is 14.8 Å². The quantitative estimate of drug-likeness (QED) is 0.803. The molecule has 0 fully saturated rings. The summed E-state index contributed by atoms with van der Waals surface area (Å²) in [5, 5.41) is 7.55. The average Bonchev–Trinajstić information content (AvgIpc) is 2.83. The van der Waals surface area contributed by atoms with Crippen molar-refractivity contribution in [2.24, 2.45) is 5.73 Å². The fourth-order valence-corrected chi connectivity index (χ4v) is 1.18. The first kappa shape index (κ1) is 9.85. The lowest BCUT2D eigenvalue weighted by molar-refractivity contribution is 0.380. The second kappa shape index (κ2) is 4.22. The zero-order valence-electron chi connectivity index (χ0n) is 8.43. The number of hydrogen-bond donors (Lipinski definition) is 1. The van der Waals surface area contributed by atoms with Gasteiger partial charge in [0.05, 0.1) is 5.69 Å². The highest BCUT2D eigenvalue weighted by Crippen LogP contribution is 2.17. The minimum absolute atomic E-state index is 0.364. The third-order valence-corrected chi connectivity index (χ3v) is 1.91. The molecule has 0 saturated heterocycles. The van der Waals surface area contributed by atoms with Crippen molar-refractivity contribution < 1.29 is 9.05 Å². The Morgan fingerprint density at radius 1 is 1.33 bits per heavy atom. The number of nitrogens with zero attached hydrogens (tertiary/aromatic N) is 3. The summed E-state index contributed by atoms with van der Waals surface area (Å²) < 4.78 is 10.0. The van der Waals surface area contributed by atoms with Gasteiger partial charge in [-0.1, -0.05) is 10.3 Å². The second-order valence-corrected chi connectivity index (χ2v) is 3.24. The van der Waals surface area contributed by atoms with Crippen LogP contribution in [0.3, 0.4) is 0 Å². The highest BCUT2D eigenvalue weighted by Gasteiger charge is 2.12. The van der Waals surface area contributed by atoms with Gasteiger partial charge in [0.25, 0.3) is 5.89 Å². The summed E-state index contributed by atoms with van der Waals surface area (Å²) >= 11 is 0. The van der Waals surface area contributed by atoms with E-state index in [0.717, 1.165) is 12.1 Å². The summed E-state index contributed by atoms with van der Waals surface area (Å²) in [7, 11) is 0. The summed E-state index contributed by atoms with van der Waals surface area (Å²) in [6.07, 6.45) is 1.56. The summed E-state index contributed by atoms with van der Waals surface area (Å²) in [4.78, 5) is 4.16. The van der Waals surface area contributed by atoms with Gasteiger partial charge in [-0.05, 0) is 19.9 Å². The first-order valence-corrected chi connectivity index (χ1v) is 4.76. The van der Waals surface area contributed by atoms with Gasteiger partial charge in [-0.15, -0.1) is 0 Å². The van der Waals surface area contributed by atoms with Crippen LogP contribution in [-0.2, 0) is 6.42 Å². The molecule has 80 valence electrons. The normalized spacial score (nSPS) is 10.8. The zero-order valence-corrected chi connectivity index (χ0v) is 8.43. The molecular formula is C9H12N4O2. The van der Waals surface area contributed by atoms with Gasteiger partial charge in [0.15, 0.2) is 5.82 Å². The van der Waals surface area contributed by atoms with E-state index in [1.54, 1.807) is 6.07 Å². The maximum atomic E-state index is 5.38. The molecular weight excluding hydrogens is 196 g/mol. The fourth-order valence-electron chi connectivity index (χ4n) is 1.18. The topological polar surface area (TPSA) is 91.0 Å². The molecule has 2 aromatic rings. The van der Waals surface area contributed by atoms with Crippen LogP contribution in [0.25, 0.3) is 11.7 Å². The lowest BCUT2D eigenvalue weighted by Gasteiger charge is -1.87. The molecule has 0 saturated carbocycles. The third-order valence-electron chi connectivity index (χ3n) is 1.91. The van der Waals surface area contributed by atoms with Crippen molar-refractivity contribution in [1.82, 2.24) is 15.3 Å². The lowest BCUT2D eigenvalue weighted by Crippen LogP contribution is -2.01. The van der Waals surface area contributed by atoms with Crippen molar-refractivity contribution in [3.8, 4) is 11.7 Å². The Hall–Kier alpha value is -1.69. The van der Waals surface area contributed by atoms with Crippen molar-refractivity contribution in [3.05, 3.63) is 17.6 Å². The molecule has 0 radical (unpaired) electrons. The zero-order chi connectivity index (χ0) is 10.7. The van der Waals surface area contributed by atoms with Crippen molar-refractivity contribution in [2.45, 2.75) is 19.8 Å². The first-order valence-electron chi connectivity index (χ1n) is 4.76. The van der Waals surface area contributed by atoms with Crippen LogP contribution in [0.1, 0.15) is 17.9 Å². The minimum atomic E-state index is 0.364. The molecule has 15 heavy (non-hydrogen) atoms. The SMILES string of the molecule is Cc1cc(-c2nc(CCCN)no2)on1. The van der Waals surface area contributed by atoms with Crippen LogP contribution in [0.2, 0.25) is 0 Å². The molecule has 6 nitrogen and oxygen atoms in total. The Labute approximate surface area is 86.4 Å². The maximum Gasteiger partial charge on any atom is 0.296 e. The van der Waals surface area contributed by atoms with E-state index in [4.69, 9.17) is 14.8 Å². The molecule has 0 amide bonds. The van der Waals surface area contributed by atoms with E-state index in [1.165, 1.54) is 0 Å². The number of rotatable bonds is 4. The van der Waals surface area contributed by atoms with Gasteiger partial charge in [-0.3, -0.25) is 0 Å². The molecule has 2 aromatic heterocycles. The largest absolute Gasteiger partial charge is 0.351 e. The van der Waals surface area contributed by atoms with Crippen molar-refractivity contribution in [2.75, 3.05) is 6.54 Å². The van der Waals surface area contributed by atoms with Crippen molar-refractivity contribution in [3.63, 3.8) is 0 Å².